The number of nitro groups is 1. The zero-order valence-electron chi connectivity index (χ0n) is 21.0. The van der Waals surface area contributed by atoms with E-state index in [0.717, 1.165) is 9.80 Å². The van der Waals surface area contributed by atoms with Crippen molar-refractivity contribution in [1.82, 2.24) is 14.4 Å². The van der Waals surface area contributed by atoms with Gasteiger partial charge in [-0.1, -0.05) is 0 Å². The van der Waals surface area contributed by atoms with Crippen LogP contribution in [-0.2, 0) is 9.53 Å². The van der Waals surface area contributed by atoms with Crippen molar-refractivity contribution in [3.8, 4) is 0 Å². The Kier molecular flexibility index (Phi) is 9.33. The summed E-state index contributed by atoms with van der Waals surface area (Å²) in [5.41, 5.74) is 0.187. The van der Waals surface area contributed by atoms with Gasteiger partial charge in [0, 0.05) is 37.8 Å². The minimum Gasteiger partial charge on any atom is -0.465 e. The molecule has 2 amide bonds. The van der Waals surface area contributed by atoms with E-state index < -0.39 is 22.8 Å². The second kappa shape index (κ2) is 11.1. The summed E-state index contributed by atoms with van der Waals surface area (Å²) in [6.45, 7) is 11.7. The van der Waals surface area contributed by atoms with Gasteiger partial charge in [0.2, 0.25) is 5.91 Å². The summed E-state index contributed by atoms with van der Waals surface area (Å²) in [6.07, 6.45) is 0.218. The Bertz CT molecular complexity index is 1040. The SMILES string of the molecule is CC(C)(C)OC(C)(C)C.CN(CC(=O)N(C)CC(=O)n1ccc2ccc([N+](=O)[O-])cc21)C(=O)O. The van der Waals surface area contributed by atoms with Crippen LogP contribution in [-0.4, -0.2) is 80.7 Å². The van der Waals surface area contributed by atoms with Crippen LogP contribution in [0.2, 0.25) is 0 Å². The molecule has 11 nitrogen and oxygen atoms in total. The largest absolute Gasteiger partial charge is 0.465 e. The number of likely N-dealkylation sites (N-methyl/N-ethyl adjacent to an activating group) is 2. The first-order chi connectivity index (χ1) is 15.4. The third-order valence-corrected chi connectivity index (χ3v) is 4.27. The molecule has 0 fully saturated rings. The topological polar surface area (TPSA) is 135 Å². The van der Waals surface area contributed by atoms with Crippen LogP contribution in [0, 0.1) is 10.1 Å². The first-order valence-corrected chi connectivity index (χ1v) is 10.6. The third-order valence-electron chi connectivity index (χ3n) is 4.27. The molecule has 2 aromatic rings. The van der Waals surface area contributed by atoms with Gasteiger partial charge >= 0.3 is 6.09 Å². The molecule has 0 radical (unpaired) electrons. The summed E-state index contributed by atoms with van der Waals surface area (Å²) < 4.78 is 6.85. The van der Waals surface area contributed by atoms with E-state index in [1.807, 2.05) is 0 Å². The number of fused-ring (bicyclic) bond motifs is 1. The predicted octanol–water partition coefficient (Wildman–Crippen LogP) is 3.86. The molecule has 0 saturated heterocycles. The Morgan fingerprint density at radius 1 is 1.00 bits per heavy atom. The van der Waals surface area contributed by atoms with Crippen LogP contribution in [0.15, 0.2) is 30.5 Å². The monoisotopic (exact) mass is 478 g/mol. The number of nitrogens with zero attached hydrogens (tertiary/aromatic N) is 4. The molecule has 1 aromatic carbocycles. The number of carboxylic acid groups (broad SMARTS) is 1. The molecular weight excluding hydrogens is 444 g/mol. The summed E-state index contributed by atoms with van der Waals surface area (Å²) >= 11 is 0. The van der Waals surface area contributed by atoms with Crippen molar-refractivity contribution < 1.29 is 29.2 Å². The van der Waals surface area contributed by atoms with Gasteiger partial charge in [-0.25, -0.2) is 4.79 Å². The first kappa shape index (κ1) is 28.6. The zero-order chi connectivity index (χ0) is 26.4. The normalized spacial score (nSPS) is 11.4. The van der Waals surface area contributed by atoms with Gasteiger partial charge in [-0.05, 0) is 53.7 Å². The number of rotatable bonds is 5. The second-order valence-electron chi connectivity index (χ2n) is 9.79. The molecule has 1 heterocycles. The van der Waals surface area contributed by atoms with Gasteiger partial charge in [-0.3, -0.25) is 24.3 Å². The molecule has 34 heavy (non-hydrogen) atoms. The zero-order valence-corrected chi connectivity index (χ0v) is 21.0. The number of carbonyl (C=O) groups is 3. The van der Waals surface area contributed by atoms with E-state index in [0.29, 0.717) is 10.9 Å². The Morgan fingerprint density at radius 2 is 1.56 bits per heavy atom. The lowest BCUT2D eigenvalue weighted by Gasteiger charge is -2.30. The van der Waals surface area contributed by atoms with E-state index in [-0.39, 0.29) is 30.0 Å². The number of benzene rings is 1. The maximum atomic E-state index is 12.4. The molecule has 2 rings (SSSR count). The Morgan fingerprint density at radius 3 is 2.00 bits per heavy atom. The summed E-state index contributed by atoms with van der Waals surface area (Å²) in [4.78, 5) is 47.3. The van der Waals surface area contributed by atoms with E-state index in [1.165, 1.54) is 43.1 Å². The van der Waals surface area contributed by atoms with E-state index in [1.54, 1.807) is 6.07 Å². The highest BCUT2D eigenvalue weighted by Crippen LogP contribution is 2.22. The van der Waals surface area contributed by atoms with Crippen LogP contribution in [0.4, 0.5) is 10.5 Å². The number of aromatic nitrogens is 1. The number of non-ortho nitro benzene ring substituents is 1. The van der Waals surface area contributed by atoms with Gasteiger partial charge in [-0.15, -0.1) is 0 Å². The standard InChI is InChI=1S/C15H16N4O6.C8H18O/c1-16(13(20)8-17(2)15(22)23)9-14(21)18-6-5-10-3-4-11(19(24)25)7-12(10)18;1-7(2,3)9-8(4,5)6/h3-7H,8-9H2,1-2H3,(H,22,23);1-6H3. The van der Waals surface area contributed by atoms with Crippen molar-refractivity contribution in [3.63, 3.8) is 0 Å². The summed E-state index contributed by atoms with van der Waals surface area (Å²) in [5.74, 6) is -1.01. The van der Waals surface area contributed by atoms with Crippen molar-refractivity contribution in [2.75, 3.05) is 27.2 Å². The molecule has 0 aliphatic carbocycles. The van der Waals surface area contributed by atoms with E-state index in [9.17, 15) is 24.5 Å². The lowest BCUT2D eigenvalue weighted by molar-refractivity contribution is -0.384. The predicted molar refractivity (Wildman–Crippen MR) is 128 cm³/mol. The molecule has 1 N–H and O–H groups in total. The van der Waals surface area contributed by atoms with Gasteiger partial charge in [0.05, 0.1) is 21.6 Å². The highest BCUT2D eigenvalue weighted by Gasteiger charge is 2.21. The fourth-order valence-corrected chi connectivity index (χ4v) is 3.12. The average Bonchev–Trinajstić information content (AvgIpc) is 3.08. The van der Waals surface area contributed by atoms with Crippen LogP contribution >= 0.6 is 0 Å². The van der Waals surface area contributed by atoms with Crippen LogP contribution in [0.25, 0.3) is 10.9 Å². The Hall–Kier alpha value is -3.47. The highest BCUT2D eigenvalue weighted by atomic mass is 16.6. The van der Waals surface area contributed by atoms with Gasteiger partial charge < -0.3 is 19.6 Å². The molecule has 0 unspecified atom stereocenters. The number of ether oxygens (including phenoxy) is 1. The average molecular weight is 479 g/mol. The maximum absolute atomic E-state index is 12.4. The number of nitro benzene ring substituents is 1. The number of hydrogen-bond donors (Lipinski definition) is 1. The molecule has 0 aliphatic rings. The molecule has 0 spiro atoms. The first-order valence-electron chi connectivity index (χ1n) is 10.6. The molecule has 0 aliphatic heterocycles. The number of hydrogen-bond acceptors (Lipinski definition) is 6. The van der Waals surface area contributed by atoms with E-state index >= 15 is 0 Å². The van der Waals surface area contributed by atoms with Crippen molar-refractivity contribution in [2.45, 2.75) is 52.7 Å². The van der Waals surface area contributed by atoms with Crippen molar-refractivity contribution in [3.05, 3.63) is 40.6 Å². The minimum absolute atomic E-state index is 0.0156. The Balaban J connectivity index is 0.000000546. The molecule has 188 valence electrons. The Labute approximate surface area is 199 Å². The molecule has 11 heteroatoms. The van der Waals surface area contributed by atoms with Crippen molar-refractivity contribution in [2.24, 2.45) is 0 Å². The lowest BCUT2D eigenvalue weighted by Crippen LogP contribution is -2.41. The van der Waals surface area contributed by atoms with E-state index in [4.69, 9.17) is 9.84 Å². The third kappa shape index (κ3) is 9.18. The van der Waals surface area contributed by atoms with Gasteiger partial charge in [0.15, 0.2) is 0 Å². The summed E-state index contributed by atoms with van der Waals surface area (Å²) in [5, 5.41) is 20.3. The molecule has 1 aromatic heterocycles. The van der Waals surface area contributed by atoms with Crippen LogP contribution in [0.5, 0.6) is 0 Å². The van der Waals surface area contributed by atoms with Crippen LogP contribution < -0.4 is 0 Å². The fourth-order valence-electron chi connectivity index (χ4n) is 3.12. The second-order valence-corrected chi connectivity index (χ2v) is 9.79. The molecular formula is C23H34N4O7. The number of carbonyl (C=O) groups excluding carboxylic acids is 2. The van der Waals surface area contributed by atoms with Gasteiger partial charge in [-0.2, -0.15) is 0 Å². The maximum Gasteiger partial charge on any atom is 0.407 e. The quantitative estimate of drug-likeness (QED) is 0.509. The molecule has 0 bridgehead atoms. The summed E-state index contributed by atoms with van der Waals surface area (Å²) in [7, 11) is 2.62. The van der Waals surface area contributed by atoms with Gasteiger partial charge in [0.1, 0.15) is 13.1 Å². The smallest absolute Gasteiger partial charge is 0.407 e. The lowest BCUT2D eigenvalue weighted by atomic mass is 10.1. The molecule has 0 atom stereocenters. The number of amides is 2. The van der Waals surface area contributed by atoms with Crippen molar-refractivity contribution in [1.29, 1.82) is 0 Å². The minimum atomic E-state index is -1.25. The van der Waals surface area contributed by atoms with E-state index in [2.05, 4.69) is 41.5 Å². The van der Waals surface area contributed by atoms with Crippen LogP contribution in [0.3, 0.4) is 0 Å². The van der Waals surface area contributed by atoms with Crippen LogP contribution in [0.1, 0.15) is 46.3 Å². The fraction of sp³-hybridized carbons (Fsp3) is 0.522. The van der Waals surface area contributed by atoms with Gasteiger partial charge in [0.25, 0.3) is 11.6 Å². The van der Waals surface area contributed by atoms with Crippen molar-refractivity contribution >= 4 is 34.5 Å². The highest BCUT2D eigenvalue weighted by molar-refractivity contribution is 5.95. The molecule has 0 saturated carbocycles. The summed E-state index contributed by atoms with van der Waals surface area (Å²) in [6, 6.07) is 5.80.